The van der Waals surface area contributed by atoms with Crippen LogP contribution in [0.2, 0.25) is 0 Å². The first-order valence-corrected chi connectivity index (χ1v) is 14.1. The molecular formula is C30H34F6N6O5. The fourth-order valence-electron chi connectivity index (χ4n) is 4.04. The summed E-state index contributed by atoms with van der Waals surface area (Å²) in [5.74, 6) is -4.40. The Morgan fingerprint density at radius 3 is 1.87 bits per heavy atom. The van der Waals surface area contributed by atoms with Crippen molar-refractivity contribution in [3.8, 4) is 0 Å². The second-order valence-corrected chi connectivity index (χ2v) is 10.0. The molecule has 47 heavy (non-hydrogen) atoms. The van der Waals surface area contributed by atoms with Gasteiger partial charge in [-0.2, -0.15) is 31.3 Å². The van der Waals surface area contributed by atoms with Crippen LogP contribution in [-0.4, -0.2) is 87.5 Å². The number of halogens is 6. The van der Waals surface area contributed by atoms with Crippen molar-refractivity contribution in [1.82, 2.24) is 14.9 Å². The predicted octanol–water partition coefficient (Wildman–Crippen LogP) is 5.22. The van der Waals surface area contributed by atoms with E-state index in [2.05, 4.69) is 30.8 Å². The van der Waals surface area contributed by atoms with E-state index < -0.39 is 30.3 Å². The van der Waals surface area contributed by atoms with Crippen LogP contribution in [0.5, 0.6) is 0 Å². The smallest absolute Gasteiger partial charge is 0.475 e. The minimum atomic E-state index is -5.08. The molecule has 0 bridgehead atoms. The standard InChI is InChI=1S/C26H32N6O.2C2HF3O2/c1-20-18-24(31-26(28-20)27-14-17-32-15-8-9-16-32)30-23(19-21-10-4-2-5-11-21)25(33)29-22-12-6-3-7-13-22;2*3-2(4,5)1(6)7/h2-7,10-13,18,23H,8-9,14-17,19H2,1H3,(H,29,33)(H2,27,28,30,31);2*(H,6,7)/t23-;;/m0../s1. The zero-order valence-electron chi connectivity index (χ0n) is 25.1. The third-order valence-electron chi connectivity index (χ3n) is 6.21. The van der Waals surface area contributed by atoms with Crippen molar-refractivity contribution in [2.75, 3.05) is 42.1 Å². The number of carbonyl (C=O) groups is 3. The van der Waals surface area contributed by atoms with Gasteiger partial charge in [-0.3, -0.25) is 4.79 Å². The number of carboxylic acid groups (broad SMARTS) is 2. The van der Waals surface area contributed by atoms with Crippen LogP contribution in [0.4, 0.5) is 43.8 Å². The Morgan fingerprint density at radius 1 is 0.851 bits per heavy atom. The monoisotopic (exact) mass is 672 g/mol. The van der Waals surface area contributed by atoms with Gasteiger partial charge >= 0.3 is 24.3 Å². The Hall–Kier alpha value is -4.93. The number of aromatic nitrogens is 2. The van der Waals surface area contributed by atoms with Gasteiger partial charge in [0.15, 0.2) is 0 Å². The molecule has 17 heteroatoms. The number of amides is 1. The molecule has 5 N–H and O–H groups in total. The van der Waals surface area contributed by atoms with Crippen LogP contribution in [0, 0.1) is 6.92 Å². The Bertz CT molecular complexity index is 1400. The van der Waals surface area contributed by atoms with Crippen LogP contribution in [0.15, 0.2) is 66.7 Å². The van der Waals surface area contributed by atoms with E-state index in [1.807, 2.05) is 73.7 Å². The predicted molar refractivity (Wildman–Crippen MR) is 161 cm³/mol. The summed E-state index contributed by atoms with van der Waals surface area (Å²) < 4.78 is 63.5. The van der Waals surface area contributed by atoms with E-state index in [4.69, 9.17) is 19.8 Å². The second kappa shape index (κ2) is 18.3. The first-order chi connectivity index (χ1) is 22.0. The van der Waals surface area contributed by atoms with E-state index in [1.165, 1.54) is 25.9 Å². The van der Waals surface area contributed by atoms with Crippen LogP contribution in [0.1, 0.15) is 24.1 Å². The van der Waals surface area contributed by atoms with Crippen molar-refractivity contribution in [2.24, 2.45) is 0 Å². The van der Waals surface area contributed by atoms with E-state index in [9.17, 15) is 31.1 Å². The topological polar surface area (TPSA) is 157 Å². The number of hydrogen-bond acceptors (Lipinski definition) is 8. The molecule has 1 saturated heterocycles. The lowest BCUT2D eigenvalue weighted by Crippen LogP contribution is -2.37. The van der Waals surface area contributed by atoms with Gasteiger partial charge in [-0.15, -0.1) is 0 Å². The number of carbonyl (C=O) groups excluding carboxylic acids is 1. The molecule has 1 atom stereocenters. The summed E-state index contributed by atoms with van der Waals surface area (Å²) in [6.45, 7) is 6.05. The van der Waals surface area contributed by atoms with E-state index in [0.717, 1.165) is 30.0 Å². The molecule has 0 spiro atoms. The number of rotatable bonds is 10. The van der Waals surface area contributed by atoms with Crippen molar-refractivity contribution in [3.05, 3.63) is 78.0 Å². The molecular weight excluding hydrogens is 638 g/mol. The van der Waals surface area contributed by atoms with Crippen LogP contribution >= 0.6 is 0 Å². The van der Waals surface area contributed by atoms with E-state index in [0.29, 0.717) is 18.2 Å². The summed E-state index contributed by atoms with van der Waals surface area (Å²) in [4.78, 5) is 42.6. The van der Waals surface area contributed by atoms with Crippen molar-refractivity contribution in [3.63, 3.8) is 0 Å². The maximum atomic E-state index is 13.2. The van der Waals surface area contributed by atoms with Gasteiger partial charge in [0.2, 0.25) is 11.9 Å². The van der Waals surface area contributed by atoms with Crippen molar-refractivity contribution in [2.45, 2.75) is 44.6 Å². The molecule has 0 radical (unpaired) electrons. The average Bonchev–Trinajstić information content (AvgIpc) is 3.51. The molecule has 1 aliphatic heterocycles. The molecule has 2 heterocycles. The van der Waals surface area contributed by atoms with Gasteiger partial charge in [-0.1, -0.05) is 48.5 Å². The van der Waals surface area contributed by atoms with Gasteiger partial charge in [0.05, 0.1) is 0 Å². The number of carboxylic acids is 2. The van der Waals surface area contributed by atoms with Gasteiger partial charge < -0.3 is 31.1 Å². The average molecular weight is 673 g/mol. The number of benzene rings is 2. The largest absolute Gasteiger partial charge is 0.490 e. The highest BCUT2D eigenvalue weighted by Gasteiger charge is 2.38. The quantitative estimate of drug-likeness (QED) is 0.181. The first-order valence-electron chi connectivity index (χ1n) is 14.1. The van der Waals surface area contributed by atoms with E-state index in [-0.39, 0.29) is 5.91 Å². The Labute approximate surface area is 266 Å². The number of likely N-dealkylation sites (tertiary alicyclic amines) is 1. The molecule has 1 aliphatic rings. The number of aliphatic carboxylic acids is 2. The summed E-state index contributed by atoms with van der Waals surface area (Å²) in [5.41, 5.74) is 2.69. The van der Waals surface area contributed by atoms with Crippen LogP contribution in [0.3, 0.4) is 0 Å². The number of alkyl halides is 6. The van der Waals surface area contributed by atoms with Gasteiger partial charge in [0.25, 0.3) is 0 Å². The first kappa shape index (κ1) is 38.3. The number of nitrogens with one attached hydrogen (secondary N) is 3. The molecule has 3 aromatic rings. The molecule has 11 nitrogen and oxygen atoms in total. The molecule has 1 aromatic heterocycles. The molecule has 0 saturated carbocycles. The third kappa shape index (κ3) is 15.3. The zero-order chi connectivity index (χ0) is 35.0. The number of nitrogens with zero attached hydrogens (tertiary/aromatic N) is 3. The van der Waals surface area contributed by atoms with Crippen LogP contribution in [0.25, 0.3) is 0 Å². The third-order valence-corrected chi connectivity index (χ3v) is 6.21. The SMILES string of the molecule is Cc1cc(N[C@@H](Cc2ccccc2)C(=O)Nc2ccccc2)nc(NCCN2CCCC2)n1.O=C(O)C(F)(F)F.O=C(O)C(F)(F)F. The minimum Gasteiger partial charge on any atom is -0.475 e. The molecule has 256 valence electrons. The fourth-order valence-corrected chi connectivity index (χ4v) is 4.04. The molecule has 1 amide bonds. The Morgan fingerprint density at radius 2 is 1.36 bits per heavy atom. The maximum Gasteiger partial charge on any atom is 0.490 e. The highest BCUT2D eigenvalue weighted by Crippen LogP contribution is 2.16. The lowest BCUT2D eigenvalue weighted by atomic mass is 10.0. The number of hydrogen-bond donors (Lipinski definition) is 5. The highest BCUT2D eigenvalue weighted by molar-refractivity contribution is 5.96. The van der Waals surface area contributed by atoms with Gasteiger partial charge in [0, 0.05) is 37.0 Å². The van der Waals surface area contributed by atoms with Crippen molar-refractivity contribution < 1.29 is 50.9 Å². The second-order valence-electron chi connectivity index (χ2n) is 10.0. The van der Waals surface area contributed by atoms with Gasteiger partial charge in [-0.25, -0.2) is 14.6 Å². The van der Waals surface area contributed by atoms with Crippen molar-refractivity contribution >= 4 is 35.3 Å². The Kier molecular flexibility index (Phi) is 14.9. The maximum absolute atomic E-state index is 13.2. The van der Waals surface area contributed by atoms with E-state index >= 15 is 0 Å². The molecule has 4 rings (SSSR count). The number of aryl methyl sites for hydroxylation is 1. The lowest BCUT2D eigenvalue weighted by Gasteiger charge is -2.20. The van der Waals surface area contributed by atoms with E-state index in [1.54, 1.807) is 0 Å². The normalized spacial score (nSPS) is 13.6. The summed E-state index contributed by atoms with van der Waals surface area (Å²) >= 11 is 0. The summed E-state index contributed by atoms with van der Waals surface area (Å²) in [7, 11) is 0. The summed E-state index contributed by atoms with van der Waals surface area (Å²) in [6, 6.07) is 20.9. The van der Waals surface area contributed by atoms with Crippen LogP contribution in [-0.2, 0) is 20.8 Å². The van der Waals surface area contributed by atoms with Gasteiger partial charge in [-0.05, 0) is 50.6 Å². The molecule has 0 aliphatic carbocycles. The van der Waals surface area contributed by atoms with Gasteiger partial charge in [0.1, 0.15) is 11.9 Å². The molecule has 0 unspecified atom stereocenters. The fraction of sp³-hybridized carbons (Fsp3) is 0.367. The zero-order valence-corrected chi connectivity index (χ0v) is 25.1. The summed E-state index contributed by atoms with van der Waals surface area (Å²) in [6.07, 6.45) is -7.06. The molecule has 1 fully saturated rings. The molecule has 2 aromatic carbocycles. The highest BCUT2D eigenvalue weighted by atomic mass is 19.4. The summed E-state index contributed by atoms with van der Waals surface area (Å²) in [5, 5.41) is 23.9. The number of para-hydroxylation sites is 1. The van der Waals surface area contributed by atoms with Crippen molar-refractivity contribution in [1.29, 1.82) is 0 Å². The van der Waals surface area contributed by atoms with Crippen LogP contribution < -0.4 is 16.0 Å². The Balaban J connectivity index is 0.000000459. The number of anilines is 3. The lowest BCUT2D eigenvalue weighted by molar-refractivity contribution is -0.193. The minimum absolute atomic E-state index is 0.107.